The monoisotopic (exact) mass is 497 g/mol. The lowest BCUT2D eigenvalue weighted by Gasteiger charge is -2.18. The van der Waals surface area contributed by atoms with Crippen LogP contribution in [0, 0.1) is 19.8 Å². The second-order valence-electron chi connectivity index (χ2n) is 9.45. The van der Waals surface area contributed by atoms with Crippen LogP contribution in [-0.4, -0.2) is 51.2 Å². The summed E-state index contributed by atoms with van der Waals surface area (Å²) < 4.78 is 1.76. The van der Waals surface area contributed by atoms with E-state index < -0.39 is 0 Å². The molecular weight excluding hydrogens is 466 g/mol. The van der Waals surface area contributed by atoms with Crippen molar-refractivity contribution in [1.82, 2.24) is 25.1 Å². The maximum atomic E-state index is 12.8. The van der Waals surface area contributed by atoms with Crippen molar-refractivity contribution < 1.29 is 9.59 Å². The van der Waals surface area contributed by atoms with Gasteiger partial charge in [0.2, 0.25) is 11.8 Å². The second kappa shape index (κ2) is 10.8. The molecule has 0 bridgehead atoms. The van der Waals surface area contributed by atoms with Crippen molar-refractivity contribution in [3.63, 3.8) is 0 Å². The zero-order chi connectivity index (χ0) is 25.8. The first kappa shape index (κ1) is 24.4. The van der Waals surface area contributed by atoms with Gasteiger partial charge < -0.3 is 15.5 Å². The Morgan fingerprint density at radius 1 is 1.05 bits per heavy atom. The molecule has 2 aromatic carbocycles. The number of aromatic nitrogens is 4. The zero-order valence-corrected chi connectivity index (χ0v) is 21.1. The number of benzene rings is 2. The van der Waals surface area contributed by atoms with Crippen LogP contribution in [0.2, 0.25) is 0 Å². The van der Waals surface area contributed by atoms with E-state index in [0.717, 1.165) is 35.4 Å². The third kappa shape index (κ3) is 5.45. The number of amides is 2. The highest BCUT2D eigenvalue weighted by atomic mass is 16.2. The number of aryl methyl sites for hydroxylation is 2. The first-order valence-corrected chi connectivity index (χ1v) is 12.6. The number of hydrogen-bond donors (Lipinski definition) is 2. The number of anilines is 2. The molecule has 2 N–H and O–H groups in total. The smallest absolute Gasteiger partial charge is 0.227 e. The van der Waals surface area contributed by atoms with Gasteiger partial charge in [-0.25, -0.2) is 14.6 Å². The molecule has 2 amide bonds. The van der Waals surface area contributed by atoms with Crippen LogP contribution < -0.4 is 15.5 Å². The van der Waals surface area contributed by atoms with E-state index in [-0.39, 0.29) is 24.2 Å². The summed E-state index contributed by atoms with van der Waals surface area (Å²) in [6.07, 6.45) is 4.38. The minimum atomic E-state index is -0.369. The summed E-state index contributed by atoms with van der Waals surface area (Å²) >= 11 is 0. The summed E-state index contributed by atoms with van der Waals surface area (Å²) in [5, 5.41) is 11.6. The van der Waals surface area contributed by atoms with E-state index in [9.17, 15) is 9.59 Å². The van der Waals surface area contributed by atoms with Gasteiger partial charge in [-0.1, -0.05) is 36.4 Å². The van der Waals surface area contributed by atoms with Crippen molar-refractivity contribution in [2.75, 3.05) is 29.9 Å². The Bertz CT molecular complexity index is 1420. The average Bonchev–Trinajstić information content (AvgIpc) is 3.50. The normalized spacial score (nSPS) is 15.4. The highest BCUT2D eigenvalue weighted by Crippen LogP contribution is 2.27. The summed E-state index contributed by atoms with van der Waals surface area (Å²) in [5.74, 6) is 0.234. The predicted molar refractivity (Wildman–Crippen MR) is 143 cm³/mol. The standard InChI is InChI=1S/C28H31N7O2/c1-19-8-9-23(14-20(19)2)34-17-22(15-25(34)36)28(37)30-12-13-35-27-24(16-33-35)26(31-18-32-27)29-11-10-21-6-4-3-5-7-21/h3-9,14,16,18,22H,10-13,15,17H2,1-2H3,(H,30,37)(H,29,31,32). The minimum absolute atomic E-state index is 0.0227. The van der Waals surface area contributed by atoms with E-state index >= 15 is 0 Å². The molecule has 0 radical (unpaired) electrons. The van der Waals surface area contributed by atoms with E-state index in [1.54, 1.807) is 15.8 Å². The van der Waals surface area contributed by atoms with E-state index in [1.807, 2.05) is 50.2 Å². The first-order chi connectivity index (χ1) is 18.0. The number of carbonyl (C=O) groups is 2. The molecule has 1 aliphatic rings. The van der Waals surface area contributed by atoms with E-state index in [0.29, 0.717) is 25.3 Å². The SMILES string of the molecule is Cc1ccc(N2CC(C(=O)NCCn3ncc4c(NCCc5ccccc5)ncnc43)CC2=O)cc1C. The van der Waals surface area contributed by atoms with Crippen LogP contribution in [0.25, 0.3) is 11.0 Å². The van der Waals surface area contributed by atoms with Crippen LogP contribution in [0.3, 0.4) is 0 Å². The van der Waals surface area contributed by atoms with Crippen molar-refractivity contribution in [1.29, 1.82) is 0 Å². The van der Waals surface area contributed by atoms with Crippen LogP contribution in [0.5, 0.6) is 0 Å². The van der Waals surface area contributed by atoms with Gasteiger partial charge in [0.05, 0.1) is 24.0 Å². The molecule has 1 fully saturated rings. The largest absolute Gasteiger partial charge is 0.369 e. The molecule has 0 spiro atoms. The maximum Gasteiger partial charge on any atom is 0.227 e. The Morgan fingerprint density at radius 2 is 1.89 bits per heavy atom. The molecule has 0 aliphatic carbocycles. The number of hydrogen-bond acceptors (Lipinski definition) is 6. The summed E-state index contributed by atoms with van der Waals surface area (Å²) in [6, 6.07) is 16.2. The number of rotatable bonds is 9. The molecule has 37 heavy (non-hydrogen) atoms. The van der Waals surface area contributed by atoms with E-state index in [1.165, 1.54) is 17.5 Å². The van der Waals surface area contributed by atoms with Crippen LogP contribution in [0.15, 0.2) is 61.1 Å². The van der Waals surface area contributed by atoms with Gasteiger partial charge >= 0.3 is 0 Å². The molecule has 1 aliphatic heterocycles. The van der Waals surface area contributed by atoms with Gasteiger partial charge in [-0.05, 0) is 49.1 Å². The molecule has 5 rings (SSSR count). The van der Waals surface area contributed by atoms with Gasteiger partial charge in [0.15, 0.2) is 5.65 Å². The Hall–Kier alpha value is -4.27. The third-order valence-electron chi connectivity index (χ3n) is 6.90. The van der Waals surface area contributed by atoms with Crippen LogP contribution in [0.4, 0.5) is 11.5 Å². The van der Waals surface area contributed by atoms with Crippen LogP contribution in [0.1, 0.15) is 23.1 Å². The van der Waals surface area contributed by atoms with E-state index in [2.05, 4.69) is 37.8 Å². The summed E-state index contributed by atoms with van der Waals surface area (Å²) in [4.78, 5) is 35.9. The van der Waals surface area contributed by atoms with Gasteiger partial charge in [0.1, 0.15) is 12.1 Å². The molecular formula is C28H31N7O2. The lowest BCUT2D eigenvalue weighted by Crippen LogP contribution is -2.35. The van der Waals surface area contributed by atoms with Crippen molar-refractivity contribution >= 4 is 34.4 Å². The highest BCUT2D eigenvalue weighted by molar-refractivity contribution is 6.00. The zero-order valence-electron chi connectivity index (χ0n) is 21.1. The summed E-state index contributed by atoms with van der Waals surface area (Å²) in [6.45, 7) is 6.07. The lowest BCUT2D eigenvalue weighted by molar-refractivity contribution is -0.126. The Labute approximate surface area is 215 Å². The van der Waals surface area contributed by atoms with Crippen molar-refractivity contribution in [2.45, 2.75) is 33.2 Å². The number of nitrogens with one attached hydrogen (secondary N) is 2. The maximum absolute atomic E-state index is 12.8. The van der Waals surface area contributed by atoms with Crippen LogP contribution in [-0.2, 0) is 22.6 Å². The number of carbonyl (C=O) groups excluding carboxylic acids is 2. The quantitative estimate of drug-likeness (QED) is 0.368. The molecule has 3 heterocycles. The first-order valence-electron chi connectivity index (χ1n) is 12.6. The number of fused-ring (bicyclic) bond motifs is 1. The number of nitrogens with zero attached hydrogens (tertiary/aromatic N) is 5. The van der Waals surface area contributed by atoms with Gasteiger partial charge in [0.25, 0.3) is 0 Å². The van der Waals surface area contributed by atoms with Crippen LogP contribution >= 0.6 is 0 Å². The van der Waals surface area contributed by atoms with E-state index in [4.69, 9.17) is 0 Å². The molecule has 1 atom stereocenters. The molecule has 1 unspecified atom stereocenters. The van der Waals surface area contributed by atoms with Gasteiger partial charge in [-0.3, -0.25) is 9.59 Å². The molecule has 9 nitrogen and oxygen atoms in total. The van der Waals surface area contributed by atoms with Gasteiger partial charge in [-0.15, -0.1) is 0 Å². The second-order valence-corrected chi connectivity index (χ2v) is 9.45. The highest BCUT2D eigenvalue weighted by Gasteiger charge is 2.35. The Kier molecular flexibility index (Phi) is 7.11. The molecule has 190 valence electrons. The van der Waals surface area contributed by atoms with Crippen molar-refractivity contribution in [3.05, 3.63) is 77.7 Å². The fourth-order valence-electron chi connectivity index (χ4n) is 4.62. The van der Waals surface area contributed by atoms with Gasteiger partial charge in [0, 0.05) is 31.7 Å². The molecule has 2 aromatic heterocycles. The summed E-state index contributed by atoms with van der Waals surface area (Å²) in [5.41, 5.74) is 5.12. The molecule has 0 saturated carbocycles. The molecule has 4 aromatic rings. The molecule has 1 saturated heterocycles. The Morgan fingerprint density at radius 3 is 2.70 bits per heavy atom. The van der Waals surface area contributed by atoms with Crippen molar-refractivity contribution in [3.8, 4) is 0 Å². The predicted octanol–water partition coefficient (Wildman–Crippen LogP) is 3.27. The van der Waals surface area contributed by atoms with Gasteiger partial charge in [-0.2, -0.15) is 5.10 Å². The molecule has 9 heteroatoms. The lowest BCUT2D eigenvalue weighted by atomic mass is 10.1. The minimum Gasteiger partial charge on any atom is -0.369 e. The fourth-order valence-corrected chi connectivity index (χ4v) is 4.62. The third-order valence-corrected chi connectivity index (χ3v) is 6.90. The van der Waals surface area contributed by atoms with Crippen molar-refractivity contribution in [2.24, 2.45) is 5.92 Å². The topological polar surface area (TPSA) is 105 Å². The average molecular weight is 498 g/mol. The fraction of sp³-hybridized carbons (Fsp3) is 0.321. The summed E-state index contributed by atoms with van der Waals surface area (Å²) in [7, 11) is 0. The Balaban J connectivity index is 1.15.